The Morgan fingerprint density at radius 3 is 2.81 bits per heavy atom. The molecule has 116 valence electrons. The Hall–Kier alpha value is -1.43. The van der Waals surface area contributed by atoms with E-state index < -0.39 is 0 Å². The van der Waals surface area contributed by atoms with Gasteiger partial charge in [0, 0.05) is 12.6 Å². The summed E-state index contributed by atoms with van der Waals surface area (Å²) in [7, 11) is 0. The summed E-state index contributed by atoms with van der Waals surface area (Å²) in [6, 6.07) is 0.422. The highest BCUT2D eigenvalue weighted by Gasteiger charge is 2.32. The van der Waals surface area contributed by atoms with Crippen molar-refractivity contribution >= 4 is 5.91 Å². The quantitative estimate of drug-likeness (QED) is 0.904. The topological polar surface area (TPSA) is 63.1 Å². The van der Waals surface area contributed by atoms with Crippen LogP contribution in [0.5, 0.6) is 0 Å². The van der Waals surface area contributed by atoms with Crippen molar-refractivity contribution in [3.05, 3.63) is 12.7 Å². The number of hydrogen-bond acceptors (Lipinski definition) is 4. The third-order valence-corrected chi connectivity index (χ3v) is 4.81. The summed E-state index contributed by atoms with van der Waals surface area (Å²) in [5.74, 6) is 0.856. The summed E-state index contributed by atoms with van der Waals surface area (Å²) in [5.41, 5.74) is 0. The summed E-state index contributed by atoms with van der Waals surface area (Å²) in [6.45, 7) is 3.40. The maximum atomic E-state index is 12.7. The minimum Gasteiger partial charge on any atom is -0.338 e. The number of likely N-dealkylation sites (tertiary alicyclic amines) is 1. The maximum absolute atomic E-state index is 12.7. The first-order valence-electron chi connectivity index (χ1n) is 8.17. The second-order valence-corrected chi connectivity index (χ2v) is 6.18. The summed E-state index contributed by atoms with van der Waals surface area (Å²) >= 11 is 0. The standard InChI is InChI=1S/C15H25N5O/c21-15(10-19-12-17-11-18-19)20-9-3-1-2-4-14(20)13-5-7-16-8-6-13/h11-14,16H,1-10H2. The number of carbonyl (C=O) groups is 1. The van der Waals surface area contributed by atoms with E-state index in [4.69, 9.17) is 0 Å². The van der Waals surface area contributed by atoms with Crippen molar-refractivity contribution in [2.45, 2.75) is 51.1 Å². The summed E-state index contributed by atoms with van der Waals surface area (Å²) in [6.07, 6.45) is 10.3. The van der Waals surface area contributed by atoms with Crippen LogP contribution in [0.4, 0.5) is 0 Å². The van der Waals surface area contributed by atoms with Gasteiger partial charge < -0.3 is 10.2 Å². The molecule has 0 radical (unpaired) electrons. The SMILES string of the molecule is O=C(Cn1cncn1)N1CCCCCC1C1CCNCC1. The molecule has 0 saturated carbocycles. The first-order valence-corrected chi connectivity index (χ1v) is 8.17. The average molecular weight is 291 g/mol. The van der Waals surface area contributed by atoms with Crippen LogP contribution in [0.3, 0.4) is 0 Å². The van der Waals surface area contributed by atoms with E-state index in [9.17, 15) is 4.79 Å². The normalized spacial score (nSPS) is 24.8. The van der Waals surface area contributed by atoms with Crippen molar-refractivity contribution in [3.8, 4) is 0 Å². The van der Waals surface area contributed by atoms with E-state index >= 15 is 0 Å². The average Bonchev–Trinajstić information content (AvgIpc) is 2.89. The summed E-state index contributed by atoms with van der Waals surface area (Å²) < 4.78 is 1.63. The lowest BCUT2D eigenvalue weighted by Gasteiger charge is -2.38. The molecule has 6 nitrogen and oxygen atoms in total. The van der Waals surface area contributed by atoms with Crippen LogP contribution in [-0.4, -0.2) is 51.2 Å². The Bertz CT molecular complexity index is 441. The van der Waals surface area contributed by atoms with Gasteiger partial charge in [-0.2, -0.15) is 5.10 Å². The highest BCUT2D eigenvalue weighted by atomic mass is 16.2. The lowest BCUT2D eigenvalue weighted by Crippen LogP contribution is -2.48. The molecule has 1 unspecified atom stereocenters. The van der Waals surface area contributed by atoms with Gasteiger partial charge in [0.05, 0.1) is 0 Å². The molecule has 3 heterocycles. The van der Waals surface area contributed by atoms with Crippen LogP contribution in [0.25, 0.3) is 0 Å². The second-order valence-electron chi connectivity index (χ2n) is 6.18. The number of amides is 1. The van der Waals surface area contributed by atoms with E-state index in [0.29, 0.717) is 18.5 Å². The van der Waals surface area contributed by atoms with Crippen LogP contribution in [0.15, 0.2) is 12.7 Å². The van der Waals surface area contributed by atoms with Gasteiger partial charge in [-0.05, 0) is 44.7 Å². The Kier molecular flexibility index (Phi) is 4.85. The van der Waals surface area contributed by atoms with E-state index in [1.54, 1.807) is 11.0 Å². The molecule has 1 aromatic rings. The predicted octanol–water partition coefficient (Wildman–Crippen LogP) is 1.05. The fourth-order valence-electron chi connectivity index (χ4n) is 3.71. The molecule has 0 spiro atoms. The van der Waals surface area contributed by atoms with Crippen molar-refractivity contribution in [1.29, 1.82) is 0 Å². The number of nitrogens with zero attached hydrogens (tertiary/aromatic N) is 4. The number of aromatic nitrogens is 3. The van der Waals surface area contributed by atoms with Crippen LogP contribution in [-0.2, 0) is 11.3 Å². The molecule has 2 aliphatic heterocycles. The van der Waals surface area contributed by atoms with E-state index in [-0.39, 0.29) is 5.91 Å². The van der Waals surface area contributed by atoms with Crippen LogP contribution in [0, 0.1) is 5.92 Å². The molecule has 1 aromatic heterocycles. The molecule has 0 aromatic carbocycles. The zero-order valence-electron chi connectivity index (χ0n) is 12.6. The number of piperidine rings is 1. The predicted molar refractivity (Wildman–Crippen MR) is 79.6 cm³/mol. The van der Waals surface area contributed by atoms with Crippen LogP contribution in [0.1, 0.15) is 38.5 Å². The van der Waals surface area contributed by atoms with E-state index in [2.05, 4.69) is 20.3 Å². The van der Waals surface area contributed by atoms with Crippen molar-refractivity contribution in [1.82, 2.24) is 25.0 Å². The van der Waals surface area contributed by atoms with E-state index in [1.807, 2.05) is 0 Å². The van der Waals surface area contributed by atoms with Gasteiger partial charge in [0.15, 0.2) is 0 Å². The Balaban J connectivity index is 1.69. The molecule has 21 heavy (non-hydrogen) atoms. The van der Waals surface area contributed by atoms with E-state index in [1.165, 1.54) is 32.0 Å². The van der Waals surface area contributed by atoms with Gasteiger partial charge in [0.1, 0.15) is 19.2 Å². The Morgan fingerprint density at radius 2 is 2.05 bits per heavy atom. The summed E-state index contributed by atoms with van der Waals surface area (Å²) in [4.78, 5) is 18.8. The molecule has 1 N–H and O–H groups in total. The first-order chi connectivity index (χ1) is 10.3. The van der Waals surface area contributed by atoms with Gasteiger partial charge in [-0.3, -0.25) is 4.79 Å². The zero-order valence-corrected chi connectivity index (χ0v) is 12.6. The van der Waals surface area contributed by atoms with Crippen molar-refractivity contribution in [2.75, 3.05) is 19.6 Å². The largest absolute Gasteiger partial charge is 0.338 e. The molecule has 1 amide bonds. The molecular weight excluding hydrogens is 266 g/mol. The zero-order chi connectivity index (χ0) is 14.5. The minimum absolute atomic E-state index is 0.200. The molecule has 0 bridgehead atoms. The summed E-state index contributed by atoms with van der Waals surface area (Å²) in [5, 5.41) is 7.48. The fraction of sp³-hybridized carbons (Fsp3) is 0.800. The highest BCUT2D eigenvalue weighted by molar-refractivity contribution is 5.76. The molecule has 1 atom stereocenters. The fourth-order valence-corrected chi connectivity index (χ4v) is 3.71. The van der Waals surface area contributed by atoms with Gasteiger partial charge in [-0.15, -0.1) is 0 Å². The lowest BCUT2D eigenvalue weighted by atomic mass is 9.87. The maximum Gasteiger partial charge on any atom is 0.244 e. The van der Waals surface area contributed by atoms with Crippen LogP contribution in [0.2, 0.25) is 0 Å². The van der Waals surface area contributed by atoms with Crippen molar-refractivity contribution in [3.63, 3.8) is 0 Å². The number of carbonyl (C=O) groups excluding carboxylic acids is 1. The smallest absolute Gasteiger partial charge is 0.244 e. The van der Waals surface area contributed by atoms with Crippen molar-refractivity contribution < 1.29 is 4.79 Å². The number of hydrogen-bond donors (Lipinski definition) is 1. The second kappa shape index (κ2) is 7.02. The third kappa shape index (κ3) is 3.61. The van der Waals surface area contributed by atoms with Gasteiger partial charge >= 0.3 is 0 Å². The number of rotatable bonds is 3. The Morgan fingerprint density at radius 1 is 1.19 bits per heavy atom. The minimum atomic E-state index is 0.200. The molecular formula is C15H25N5O. The molecule has 0 aliphatic carbocycles. The lowest BCUT2D eigenvalue weighted by molar-refractivity contribution is -0.135. The number of nitrogens with one attached hydrogen (secondary N) is 1. The monoisotopic (exact) mass is 291 g/mol. The molecule has 2 saturated heterocycles. The van der Waals surface area contributed by atoms with E-state index in [0.717, 1.165) is 32.5 Å². The third-order valence-electron chi connectivity index (χ3n) is 4.81. The molecule has 6 heteroatoms. The highest BCUT2D eigenvalue weighted by Crippen LogP contribution is 2.28. The van der Waals surface area contributed by atoms with Gasteiger partial charge in [0.2, 0.25) is 5.91 Å². The van der Waals surface area contributed by atoms with Crippen molar-refractivity contribution in [2.24, 2.45) is 5.92 Å². The Labute approximate surface area is 125 Å². The van der Waals surface area contributed by atoms with Gasteiger partial charge in [-0.25, -0.2) is 9.67 Å². The van der Waals surface area contributed by atoms with Crippen LogP contribution >= 0.6 is 0 Å². The first kappa shape index (κ1) is 14.5. The van der Waals surface area contributed by atoms with Crippen LogP contribution < -0.4 is 5.32 Å². The van der Waals surface area contributed by atoms with Gasteiger partial charge in [-0.1, -0.05) is 12.8 Å². The molecule has 3 rings (SSSR count). The molecule has 2 aliphatic rings. The molecule has 2 fully saturated rings. The van der Waals surface area contributed by atoms with Gasteiger partial charge in [0.25, 0.3) is 0 Å².